The lowest BCUT2D eigenvalue weighted by atomic mass is 9.97. The van der Waals surface area contributed by atoms with Gasteiger partial charge < -0.3 is 10.5 Å². The first-order valence-electron chi connectivity index (χ1n) is 7.74. The van der Waals surface area contributed by atoms with Gasteiger partial charge in [-0.3, -0.25) is 18.1 Å². The van der Waals surface area contributed by atoms with Crippen LogP contribution in [0.5, 0.6) is 0 Å². The normalized spacial score (nSPS) is 36.4. The van der Waals surface area contributed by atoms with Crippen molar-refractivity contribution in [3.05, 3.63) is 22.5 Å². The van der Waals surface area contributed by atoms with Crippen LogP contribution >= 0.6 is 7.82 Å². The van der Waals surface area contributed by atoms with Gasteiger partial charge in [-0.25, -0.2) is 26.9 Å². The molecule has 14 heteroatoms. The monoisotopic (exact) mass is 417 g/mol. The molecule has 3 rings (SSSR count). The van der Waals surface area contributed by atoms with Gasteiger partial charge in [-0.15, -0.1) is 0 Å². The summed E-state index contributed by atoms with van der Waals surface area (Å²) in [5.74, 6) is -1.93. The van der Waals surface area contributed by atoms with E-state index in [1.54, 1.807) is 0 Å². The van der Waals surface area contributed by atoms with Crippen LogP contribution in [-0.2, 0) is 22.9 Å². The molecule has 0 bridgehead atoms. The van der Waals surface area contributed by atoms with Crippen LogP contribution in [0.3, 0.4) is 0 Å². The maximum atomic E-state index is 15.0. The highest BCUT2D eigenvalue weighted by Gasteiger charge is 2.68. The smallest absolute Gasteiger partial charge is 0.381 e. The Morgan fingerprint density at radius 1 is 1.48 bits per heavy atom. The summed E-state index contributed by atoms with van der Waals surface area (Å²) in [7, 11) is -4.36. The molecule has 0 saturated carbocycles. The van der Waals surface area contributed by atoms with Crippen LogP contribution < -0.4 is 11.4 Å². The van der Waals surface area contributed by atoms with Crippen LogP contribution in [0.1, 0.15) is 20.1 Å². The molecule has 0 aliphatic carbocycles. The van der Waals surface area contributed by atoms with E-state index in [2.05, 4.69) is 4.98 Å². The standard InChI is InChI=1S/C13H16F4N3O6P/c1-5(2)25-27(22)23-4-13(11(16)17)8(26-27)7(15)10(24-13)20-3-6(14)9(18)19-12(20)21/h3,5,7-8,10-11H,4H2,1-2H3,(H2,18,19,21)/t7-,8-,10+,13+,27?/m0/s1. The zero-order valence-electron chi connectivity index (χ0n) is 14.1. The van der Waals surface area contributed by atoms with Gasteiger partial charge in [0.15, 0.2) is 29.6 Å². The molecule has 2 saturated heterocycles. The molecule has 0 aromatic carbocycles. The van der Waals surface area contributed by atoms with Crippen molar-refractivity contribution >= 4 is 13.6 Å². The number of nitrogen functional groups attached to an aromatic ring is 1. The summed E-state index contributed by atoms with van der Waals surface area (Å²) in [5, 5.41) is 0. The van der Waals surface area contributed by atoms with Crippen molar-refractivity contribution in [3.63, 3.8) is 0 Å². The molecule has 5 atom stereocenters. The molecular formula is C13H16F4N3O6P. The molecule has 1 aromatic rings. The fraction of sp³-hybridized carbons (Fsp3) is 0.692. The molecule has 0 spiro atoms. The largest absolute Gasteiger partial charge is 0.475 e. The van der Waals surface area contributed by atoms with Gasteiger partial charge in [0.2, 0.25) is 0 Å². The maximum Gasteiger partial charge on any atom is 0.475 e. The minimum Gasteiger partial charge on any atom is -0.381 e. The average Bonchev–Trinajstić information content (AvgIpc) is 2.84. The van der Waals surface area contributed by atoms with Crippen molar-refractivity contribution in [3.8, 4) is 0 Å². The van der Waals surface area contributed by atoms with Crippen molar-refractivity contribution in [2.24, 2.45) is 0 Å². The Labute approximate surface area is 150 Å². The Hall–Kier alpha value is -1.53. The van der Waals surface area contributed by atoms with Crippen molar-refractivity contribution in [1.82, 2.24) is 9.55 Å². The second-order valence-corrected chi connectivity index (χ2v) is 7.85. The molecule has 9 nitrogen and oxygen atoms in total. The Balaban J connectivity index is 2.00. The van der Waals surface area contributed by atoms with Gasteiger partial charge in [-0.1, -0.05) is 0 Å². The predicted octanol–water partition coefficient (Wildman–Crippen LogP) is 1.78. The maximum absolute atomic E-state index is 15.0. The molecule has 0 radical (unpaired) electrons. The topological polar surface area (TPSA) is 115 Å². The molecule has 152 valence electrons. The van der Waals surface area contributed by atoms with Crippen LogP contribution in [0.25, 0.3) is 0 Å². The molecule has 2 N–H and O–H groups in total. The minimum atomic E-state index is -4.36. The molecule has 3 heterocycles. The van der Waals surface area contributed by atoms with Crippen LogP contribution in [-0.4, -0.2) is 46.6 Å². The fourth-order valence-corrected chi connectivity index (χ4v) is 4.41. The van der Waals surface area contributed by atoms with E-state index in [1.807, 2.05) is 0 Å². The van der Waals surface area contributed by atoms with Crippen LogP contribution in [0.15, 0.2) is 11.0 Å². The van der Waals surface area contributed by atoms with Gasteiger partial charge in [0.25, 0.3) is 6.43 Å². The number of hydrogen-bond donors (Lipinski definition) is 1. The SMILES string of the molecule is CC(C)OP1(=O)OC[C@@]2(C(F)F)O[C@@H](n3cc(F)c(N)nc3=O)[C@@H](F)[C@@H]2O1. The van der Waals surface area contributed by atoms with Gasteiger partial charge >= 0.3 is 13.5 Å². The summed E-state index contributed by atoms with van der Waals surface area (Å²) >= 11 is 0. The highest BCUT2D eigenvalue weighted by atomic mass is 31.2. The highest BCUT2D eigenvalue weighted by Crippen LogP contribution is 2.61. The Morgan fingerprint density at radius 2 is 2.15 bits per heavy atom. The van der Waals surface area contributed by atoms with Gasteiger partial charge in [0.05, 0.1) is 18.9 Å². The number of rotatable bonds is 4. The number of hydrogen-bond acceptors (Lipinski definition) is 8. The van der Waals surface area contributed by atoms with Crippen LogP contribution in [0.2, 0.25) is 0 Å². The van der Waals surface area contributed by atoms with E-state index in [9.17, 15) is 26.9 Å². The van der Waals surface area contributed by atoms with E-state index >= 15 is 0 Å². The van der Waals surface area contributed by atoms with Crippen LogP contribution in [0.4, 0.5) is 23.4 Å². The van der Waals surface area contributed by atoms with Crippen molar-refractivity contribution in [2.45, 2.75) is 50.5 Å². The number of halogens is 4. The molecule has 1 unspecified atom stereocenters. The Morgan fingerprint density at radius 3 is 2.74 bits per heavy atom. The third-order valence-corrected chi connectivity index (χ3v) is 5.60. The first-order valence-corrected chi connectivity index (χ1v) is 9.21. The molecule has 2 aliphatic heterocycles. The lowest BCUT2D eigenvalue weighted by Crippen LogP contribution is -2.55. The van der Waals surface area contributed by atoms with Gasteiger partial charge in [-0.05, 0) is 13.8 Å². The van der Waals surface area contributed by atoms with Gasteiger partial charge in [-0.2, -0.15) is 4.98 Å². The molecule has 1 aromatic heterocycles. The second-order valence-electron chi connectivity index (χ2n) is 6.27. The zero-order valence-corrected chi connectivity index (χ0v) is 14.9. The first-order chi connectivity index (χ1) is 12.5. The minimum absolute atomic E-state index is 0.330. The zero-order chi connectivity index (χ0) is 20.1. The number of ether oxygens (including phenoxy) is 1. The summed E-state index contributed by atoms with van der Waals surface area (Å²) in [6.07, 6.45) is -10.1. The van der Waals surface area contributed by atoms with E-state index in [-0.39, 0.29) is 0 Å². The van der Waals surface area contributed by atoms with E-state index in [4.69, 9.17) is 24.0 Å². The quantitative estimate of drug-likeness (QED) is 0.583. The second kappa shape index (κ2) is 6.82. The number of fused-ring (bicyclic) bond motifs is 1. The number of nitrogens with two attached hydrogens (primary N) is 1. The van der Waals surface area contributed by atoms with Crippen LogP contribution in [0, 0.1) is 5.82 Å². The molecule has 27 heavy (non-hydrogen) atoms. The number of anilines is 1. The first kappa shape index (κ1) is 20.2. The number of alkyl halides is 3. The fourth-order valence-electron chi connectivity index (χ4n) is 2.79. The van der Waals surface area contributed by atoms with E-state index in [1.165, 1.54) is 13.8 Å². The summed E-state index contributed by atoms with van der Waals surface area (Å²) in [5.41, 5.74) is 1.23. The van der Waals surface area contributed by atoms with E-state index in [0.29, 0.717) is 10.8 Å². The Bertz CT molecular complexity index is 839. The highest BCUT2D eigenvalue weighted by molar-refractivity contribution is 7.48. The number of nitrogens with zero attached hydrogens (tertiary/aromatic N) is 2. The van der Waals surface area contributed by atoms with E-state index in [0.717, 1.165) is 0 Å². The third kappa shape index (κ3) is 3.38. The number of phosphoric ester groups is 1. The van der Waals surface area contributed by atoms with Gasteiger partial charge in [0.1, 0.15) is 6.10 Å². The molecule has 2 aliphatic rings. The molecule has 0 amide bonds. The van der Waals surface area contributed by atoms with Crippen molar-refractivity contribution in [2.75, 3.05) is 12.3 Å². The number of aromatic nitrogens is 2. The lowest BCUT2D eigenvalue weighted by Gasteiger charge is -2.39. The van der Waals surface area contributed by atoms with E-state index < -0.39 is 68.4 Å². The third-order valence-electron chi connectivity index (χ3n) is 3.99. The van der Waals surface area contributed by atoms with Crippen molar-refractivity contribution < 1.29 is 40.4 Å². The van der Waals surface area contributed by atoms with Crippen molar-refractivity contribution in [1.29, 1.82) is 0 Å². The van der Waals surface area contributed by atoms with Gasteiger partial charge in [0, 0.05) is 0 Å². The molecular weight excluding hydrogens is 401 g/mol. The Kier molecular flexibility index (Phi) is 5.10. The summed E-state index contributed by atoms with van der Waals surface area (Å²) in [6, 6.07) is 0. The summed E-state index contributed by atoms with van der Waals surface area (Å²) in [4.78, 5) is 15.0. The lowest BCUT2D eigenvalue weighted by molar-refractivity contribution is -0.208. The predicted molar refractivity (Wildman–Crippen MR) is 81.3 cm³/mol. The summed E-state index contributed by atoms with van der Waals surface area (Å²) < 4.78 is 88.5. The summed E-state index contributed by atoms with van der Waals surface area (Å²) in [6.45, 7) is 1.92. The number of phosphoric acid groups is 1. The average molecular weight is 417 g/mol. The molecule has 2 fully saturated rings.